The zero-order chi connectivity index (χ0) is 9.97. The first kappa shape index (κ1) is 9.75. The van der Waals surface area contributed by atoms with E-state index in [1.54, 1.807) is 0 Å². The summed E-state index contributed by atoms with van der Waals surface area (Å²) in [6.07, 6.45) is 7.44. The molecule has 0 aromatic heterocycles. The van der Waals surface area contributed by atoms with Gasteiger partial charge in [0.15, 0.2) is 11.5 Å². The smallest absolute Gasteiger partial charge is 0.200 e. The van der Waals surface area contributed by atoms with Gasteiger partial charge in [0, 0.05) is 12.3 Å². The highest BCUT2D eigenvalue weighted by Crippen LogP contribution is 2.35. The highest BCUT2D eigenvalue weighted by Gasteiger charge is 2.31. The highest BCUT2D eigenvalue weighted by molar-refractivity contribution is 5.95. The van der Waals surface area contributed by atoms with E-state index in [4.69, 9.17) is 4.74 Å². The second-order valence-electron chi connectivity index (χ2n) is 4.35. The van der Waals surface area contributed by atoms with Gasteiger partial charge in [0.05, 0.1) is 6.61 Å². The lowest BCUT2D eigenvalue weighted by atomic mass is 9.98. The van der Waals surface area contributed by atoms with E-state index in [2.05, 4.69) is 6.92 Å². The molecule has 1 heterocycles. The number of ketones is 1. The van der Waals surface area contributed by atoms with Crippen LogP contribution in [0.2, 0.25) is 0 Å². The van der Waals surface area contributed by atoms with Crippen LogP contribution in [0.3, 0.4) is 0 Å². The fourth-order valence-corrected chi connectivity index (χ4v) is 2.47. The first-order valence-electron chi connectivity index (χ1n) is 5.68. The molecule has 2 aliphatic rings. The molecule has 1 aliphatic carbocycles. The lowest BCUT2D eigenvalue weighted by Crippen LogP contribution is -2.14. The largest absolute Gasteiger partial charge is 0.490 e. The predicted octanol–water partition coefficient (Wildman–Crippen LogP) is 2.69. The summed E-state index contributed by atoms with van der Waals surface area (Å²) in [5, 5.41) is 0. The Morgan fingerprint density at radius 3 is 3.00 bits per heavy atom. The van der Waals surface area contributed by atoms with Crippen LogP contribution in [-0.2, 0) is 9.53 Å². The van der Waals surface area contributed by atoms with E-state index in [1.807, 2.05) is 6.08 Å². The molecule has 0 N–H and O–H groups in total. The summed E-state index contributed by atoms with van der Waals surface area (Å²) >= 11 is 0. The Kier molecular flexibility index (Phi) is 2.90. The summed E-state index contributed by atoms with van der Waals surface area (Å²) in [4.78, 5) is 11.9. The van der Waals surface area contributed by atoms with Crippen LogP contribution in [-0.4, -0.2) is 12.4 Å². The third-order valence-electron chi connectivity index (χ3n) is 3.44. The first-order valence-corrected chi connectivity index (χ1v) is 5.68. The molecule has 1 fully saturated rings. The van der Waals surface area contributed by atoms with Crippen molar-refractivity contribution in [2.24, 2.45) is 11.8 Å². The predicted molar refractivity (Wildman–Crippen MR) is 54.8 cm³/mol. The third kappa shape index (κ3) is 1.84. The molecule has 0 saturated heterocycles. The Balaban J connectivity index is 1.93. The quantitative estimate of drug-likeness (QED) is 0.690. The normalized spacial score (nSPS) is 31.4. The van der Waals surface area contributed by atoms with Crippen LogP contribution < -0.4 is 0 Å². The van der Waals surface area contributed by atoms with Gasteiger partial charge in [-0.1, -0.05) is 13.3 Å². The summed E-state index contributed by atoms with van der Waals surface area (Å²) in [5.74, 6) is 1.93. The lowest BCUT2D eigenvalue weighted by molar-refractivity contribution is -0.122. The van der Waals surface area contributed by atoms with Crippen molar-refractivity contribution in [2.45, 2.75) is 39.0 Å². The van der Waals surface area contributed by atoms with Crippen molar-refractivity contribution in [3.05, 3.63) is 11.8 Å². The number of rotatable bonds is 3. The van der Waals surface area contributed by atoms with Gasteiger partial charge in [-0.15, -0.1) is 0 Å². The van der Waals surface area contributed by atoms with Crippen molar-refractivity contribution in [3.8, 4) is 0 Å². The van der Waals surface area contributed by atoms with E-state index in [0.29, 0.717) is 12.4 Å². The second-order valence-corrected chi connectivity index (χ2v) is 4.35. The monoisotopic (exact) mass is 194 g/mol. The van der Waals surface area contributed by atoms with Gasteiger partial charge in [0.1, 0.15) is 0 Å². The molecule has 0 aromatic carbocycles. The molecule has 1 saturated carbocycles. The number of allylic oxidation sites excluding steroid dienone is 1. The molecule has 0 aromatic rings. The van der Waals surface area contributed by atoms with Crippen molar-refractivity contribution < 1.29 is 9.53 Å². The average molecular weight is 194 g/mol. The van der Waals surface area contributed by atoms with E-state index in [9.17, 15) is 4.79 Å². The Morgan fingerprint density at radius 2 is 2.43 bits per heavy atom. The zero-order valence-electron chi connectivity index (χ0n) is 8.79. The Labute approximate surface area is 85.3 Å². The van der Waals surface area contributed by atoms with Gasteiger partial charge in [0.25, 0.3) is 0 Å². The molecular formula is C12H18O2. The molecule has 2 unspecified atom stereocenters. The number of carbonyl (C=O) groups is 1. The molecule has 1 aliphatic heterocycles. The van der Waals surface area contributed by atoms with Crippen LogP contribution in [0.25, 0.3) is 0 Å². The van der Waals surface area contributed by atoms with E-state index in [1.165, 1.54) is 12.8 Å². The molecular weight excluding hydrogens is 176 g/mol. The summed E-state index contributed by atoms with van der Waals surface area (Å²) < 4.78 is 5.31. The van der Waals surface area contributed by atoms with Crippen LogP contribution in [0, 0.1) is 11.8 Å². The SMILES string of the molecule is CCC1CCC(C(=O)C2=CCCO2)C1. The second kappa shape index (κ2) is 4.16. The number of carbonyl (C=O) groups excluding carboxylic acids is 1. The molecule has 0 bridgehead atoms. The molecule has 0 amide bonds. The molecule has 0 radical (unpaired) electrons. The number of hydrogen-bond donors (Lipinski definition) is 0. The summed E-state index contributed by atoms with van der Waals surface area (Å²) in [7, 11) is 0. The summed E-state index contributed by atoms with van der Waals surface area (Å²) in [6.45, 7) is 2.91. The van der Waals surface area contributed by atoms with E-state index >= 15 is 0 Å². The fourth-order valence-electron chi connectivity index (χ4n) is 2.47. The minimum Gasteiger partial charge on any atom is -0.490 e. The average Bonchev–Trinajstić information content (AvgIpc) is 2.88. The van der Waals surface area contributed by atoms with Gasteiger partial charge in [-0.3, -0.25) is 4.79 Å². The first-order chi connectivity index (χ1) is 6.81. The number of Topliss-reactive ketones (excluding diaryl/α,β-unsaturated/α-hetero) is 1. The van der Waals surface area contributed by atoms with Gasteiger partial charge in [0.2, 0.25) is 0 Å². The minimum atomic E-state index is 0.254. The van der Waals surface area contributed by atoms with Crippen LogP contribution >= 0.6 is 0 Å². The molecule has 2 atom stereocenters. The topological polar surface area (TPSA) is 26.3 Å². The molecule has 14 heavy (non-hydrogen) atoms. The van der Waals surface area contributed by atoms with Gasteiger partial charge >= 0.3 is 0 Å². The van der Waals surface area contributed by atoms with E-state index in [0.717, 1.165) is 25.2 Å². The zero-order valence-corrected chi connectivity index (χ0v) is 8.79. The maximum Gasteiger partial charge on any atom is 0.200 e. The molecule has 2 nitrogen and oxygen atoms in total. The molecule has 2 heteroatoms. The lowest BCUT2D eigenvalue weighted by Gasteiger charge is -2.09. The van der Waals surface area contributed by atoms with Gasteiger partial charge in [-0.25, -0.2) is 0 Å². The van der Waals surface area contributed by atoms with Crippen molar-refractivity contribution in [3.63, 3.8) is 0 Å². The Hall–Kier alpha value is -0.790. The van der Waals surface area contributed by atoms with E-state index in [-0.39, 0.29) is 11.7 Å². The standard InChI is InChI=1S/C12H18O2/c1-2-9-5-6-10(8-9)12(13)11-4-3-7-14-11/h4,9-10H,2-3,5-8H2,1H3. The molecule has 0 spiro atoms. The summed E-state index contributed by atoms with van der Waals surface area (Å²) in [6, 6.07) is 0. The van der Waals surface area contributed by atoms with Crippen LogP contribution in [0.5, 0.6) is 0 Å². The fraction of sp³-hybridized carbons (Fsp3) is 0.750. The molecule has 78 valence electrons. The van der Waals surface area contributed by atoms with Crippen molar-refractivity contribution in [1.29, 1.82) is 0 Å². The van der Waals surface area contributed by atoms with Crippen LogP contribution in [0.15, 0.2) is 11.8 Å². The van der Waals surface area contributed by atoms with Crippen molar-refractivity contribution >= 4 is 5.78 Å². The van der Waals surface area contributed by atoms with Gasteiger partial charge in [-0.2, -0.15) is 0 Å². The van der Waals surface area contributed by atoms with Crippen molar-refractivity contribution in [1.82, 2.24) is 0 Å². The Bertz CT molecular complexity index is 255. The van der Waals surface area contributed by atoms with E-state index < -0.39 is 0 Å². The third-order valence-corrected chi connectivity index (χ3v) is 3.44. The van der Waals surface area contributed by atoms with Gasteiger partial charge in [-0.05, 0) is 31.3 Å². The molecule has 2 rings (SSSR count). The number of hydrogen-bond acceptors (Lipinski definition) is 2. The van der Waals surface area contributed by atoms with Crippen molar-refractivity contribution in [2.75, 3.05) is 6.61 Å². The maximum absolute atomic E-state index is 11.9. The maximum atomic E-state index is 11.9. The summed E-state index contributed by atoms with van der Waals surface area (Å²) in [5.41, 5.74) is 0. The van der Waals surface area contributed by atoms with Crippen LogP contribution in [0.4, 0.5) is 0 Å². The number of ether oxygens (including phenoxy) is 1. The Morgan fingerprint density at radius 1 is 1.57 bits per heavy atom. The van der Waals surface area contributed by atoms with Gasteiger partial charge < -0.3 is 4.74 Å². The minimum absolute atomic E-state index is 0.254. The highest BCUT2D eigenvalue weighted by atomic mass is 16.5. The van der Waals surface area contributed by atoms with Crippen LogP contribution in [0.1, 0.15) is 39.0 Å².